The minimum absolute atomic E-state index is 0.00590. The van der Waals surface area contributed by atoms with Crippen molar-refractivity contribution in [3.63, 3.8) is 0 Å². The van der Waals surface area contributed by atoms with Crippen LogP contribution >= 0.6 is 0 Å². The molecule has 3 heterocycles. The van der Waals surface area contributed by atoms with Crippen LogP contribution in [0.2, 0.25) is 0 Å². The van der Waals surface area contributed by atoms with Crippen LogP contribution in [0, 0.1) is 0 Å². The van der Waals surface area contributed by atoms with E-state index in [1.165, 1.54) is 4.57 Å². The number of benzene rings is 1. The van der Waals surface area contributed by atoms with E-state index in [1.807, 2.05) is 0 Å². The molecule has 4 N–H and O–H groups in total. The van der Waals surface area contributed by atoms with Gasteiger partial charge in [-0.2, -0.15) is 5.10 Å². The normalized spacial score (nSPS) is 13.5. The SMILES string of the molecule is Nc1c2c(cc(=O)n1-c1ccc3cn[nH]c3c1)C(=O)NC2=O. The molecule has 4 rings (SSSR count). The fourth-order valence-corrected chi connectivity index (χ4v) is 2.61. The Morgan fingerprint density at radius 1 is 1.09 bits per heavy atom. The first-order valence-electron chi connectivity index (χ1n) is 6.41. The molecule has 2 aromatic heterocycles. The molecular weight excluding hydrogens is 286 g/mol. The number of H-pyrrole nitrogens is 1. The topological polar surface area (TPSA) is 123 Å². The lowest BCUT2D eigenvalue weighted by molar-refractivity contribution is 0.0880. The summed E-state index contributed by atoms with van der Waals surface area (Å²) in [5, 5.41) is 9.71. The van der Waals surface area contributed by atoms with E-state index in [9.17, 15) is 14.4 Å². The molecule has 1 aliphatic rings. The smallest absolute Gasteiger partial charge is 0.262 e. The van der Waals surface area contributed by atoms with Crippen LogP contribution < -0.4 is 16.6 Å². The Morgan fingerprint density at radius 2 is 1.91 bits per heavy atom. The van der Waals surface area contributed by atoms with Crippen LogP contribution in [0.1, 0.15) is 20.7 Å². The van der Waals surface area contributed by atoms with E-state index in [1.54, 1.807) is 24.4 Å². The van der Waals surface area contributed by atoms with Crippen molar-refractivity contribution < 1.29 is 9.59 Å². The molecule has 0 saturated carbocycles. The third-order valence-corrected chi connectivity index (χ3v) is 3.64. The second-order valence-electron chi connectivity index (χ2n) is 4.92. The first kappa shape index (κ1) is 12.3. The summed E-state index contributed by atoms with van der Waals surface area (Å²) in [6, 6.07) is 6.28. The van der Waals surface area contributed by atoms with Gasteiger partial charge in [-0.1, -0.05) is 0 Å². The number of nitrogens with zero attached hydrogens (tertiary/aromatic N) is 2. The van der Waals surface area contributed by atoms with Crippen LogP contribution in [-0.2, 0) is 0 Å². The summed E-state index contributed by atoms with van der Waals surface area (Å²) < 4.78 is 1.19. The van der Waals surface area contributed by atoms with Crippen LogP contribution in [0.25, 0.3) is 16.6 Å². The van der Waals surface area contributed by atoms with Crippen LogP contribution in [-0.4, -0.2) is 26.6 Å². The summed E-state index contributed by atoms with van der Waals surface area (Å²) in [6.07, 6.45) is 1.65. The number of aromatic amines is 1. The molecular formula is C14H9N5O3. The van der Waals surface area contributed by atoms with Crippen LogP contribution in [0.4, 0.5) is 5.82 Å². The lowest BCUT2D eigenvalue weighted by atomic mass is 10.1. The summed E-state index contributed by atoms with van der Waals surface area (Å²) in [7, 11) is 0. The van der Waals surface area contributed by atoms with Gasteiger partial charge in [-0.05, 0) is 18.2 Å². The number of nitrogens with two attached hydrogens (primary N) is 1. The minimum Gasteiger partial charge on any atom is -0.384 e. The number of pyridine rings is 1. The number of nitrogen functional groups attached to an aromatic ring is 1. The van der Waals surface area contributed by atoms with E-state index in [0.29, 0.717) is 5.69 Å². The summed E-state index contributed by atoms with van der Waals surface area (Å²) in [4.78, 5) is 35.7. The van der Waals surface area contributed by atoms with Crippen LogP contribution in [0.15, 0.2) is 35.3 Å². The van der Waals surface area contributed by atoms with Crippen molar-refractivity contribution in [2.24, 2.45) is 0 Å². The average Bonchev–Trinajstić information content (AvgIpc) is 3.03. The average molecular weight is 295 g/mol. The molecule has 22 heavy (non-hydrogen) atoms. The van der Waals surface area contributed by atoms with Crippen molar-refractivity contribution in [2.75, 3.05) is 5.73 Å². The van der Waals surface area contributed by atoms with Crippen molar-refractivity contribution in [3.05, 3.63) is 51.9 Å². The molecule has 2 amide bonds. The summed E-state index contributed by atoms with van der Waals surface area (Å²) in [6.45, 7) is 0. The van der Waals surface area contributed by atoms with Gasteiger partial charge in [0.15, 0.2) is 0 Å². The zero-order chi connectivity index (χ0) is 15.4. The highest BCUT2D eigenvalue weighted by Gasteiger charge is 2.31. The maximum Gasteiger partial charge on any atom is 0.262 e. The Morgan fingerprint density at radius 3 is 2.73 bits per heavy atom. The van der Waals surface area contributed by atoms with Gasteiger partial charge in [-0.15, -0.1) is 0 Å². The second-order valence-corrected chi connectivity index (χ2v) is 4.92. The lowest BCUT2D eigenvalue weighted by Gasteiger charge is -2.11. The van der Waals surface area contributed by atoms with Gasteiger partial charge < -0.3 is 5.73 Å². The van der Waals surface area contributed by atoms with E-state index in [-0.39, 0.29) is 16.9 Å². The predicted octanol–water partition coefficient (Wildman–Crippen LogP) is 0.180. The molecule has 108 valence electrons. The Labute approximate surface area is 122 Å². The fraction of sp³-hybridized carbons (Fsp3) is 0. The molecule has 0 spiro atoms. The number of amides is 2. The van der Waals surface area contributed by atoms with Crippen molar-refractivity contribution >= 4 is 28.5 Å². The number of rotatable bonds is 1. The number of hydrogen-bond donors (Lipinski definition) is 3. The third kappa shape index (κ3) is 1.51. The number of fused-ring (bicyclic) bond motifs is 2. The van der Waals surface area contributed by atoms with E-state index < -0.39 is 17.4 Å². The molecule has 3 aromatic rings. The number of imide groups is 1. The van der Waals surface area contributed by atoms with E-state index in [0.717, 1.165) is 17.0 Å². The molecule has 1 aromatic carbocycles. The first-order valence-corrected chi connectivity index (χ1v) is 6.41. The Balaban J connectivity index is 2.03. The molecule has 1 aliphatic heterocycles. The highest BCUT2D eigenvalue weighted by Crippen LogP contribution is 2.24. The van der Waals surface area contributed by atoms with Crippen molar-refractivity contribution in [3.8, 4) is 5.69 Å². The molecule has 0 radical (unpaired) electrons. The monoisotopic (exact) mass is 295 g/mol. The summed E-state index contributed by atoms with van der Waals surface area (Å²) in [5.41, 5.74) is 6.71. The number of nitrogens with one attached hydrogen (secondary N) is 2. The van der Waals surface area contributed by atoms with Crippen molar-refractivity contribution in [2.45, 2.75) is 0 Å². The fourth-order valence-electron chi connectivity index (χ4n) is 2.61. The third-order valence-electron chi connectivity index (χ3n) is 3.64. The molecule has 0 bridgehead atoms. The number of anilines is 1. The zero-order valence-electron chi connectivity index (χ0n) is 11.1. The van der Waals surface area contributed by atoms with Crippen molar-refractivity contribution in [1.82, 2.24) is 20.1 Å². The summed E-state index contributed by atoms with van der Waals surface area (Å²) in [5.74, 6) is -1.28. The quantitative estimate of drug-likeness (QED) is 0.553. The largest absolute Gasteiger partial charge is 0.384 e. The van der Waals surface area contributed by atoms with Gasteiger partial charge in [0.1, 0.15) is 5.82 Å². The number of carbonyl (C=O) groups excluding carboxylic acids is 2. The molecule has 0 fully saturated rings. The highest BCUT2D eigenvalue weighted by atomic mass is 16.2. The Bertz CT molecular complexity index is 1030. The number of hydrogen-bond acceptors (Lipinski definition) is 5. The van der Waals surface area contributed by atoms with Crippen LogP contribution in [0.5, 0.6) is 0 Å². The van der Waals surface area contributed by atoms with E-state index >= 15 is 0 Å². The van der Waals surface area contributed by atoms with Gasteiger partial charge in [-0.3, -0.25) is 29.4 Å². The van der Waals surface area contributed by atoms with Gasteiger partial charge in [0.05, 0.1) is 28.5 Å². The Kier molecular flexibility index (Phi) is 2.27. The van der Waals surface area contributed by atoms with Gasteiger partial charge in [0.2, 0.25) is 0 Å². The molecule has 8 heteroatoms. The molecule has 0 aliphatic carbocycles. The van der Waals surface area contributed by atoms with Gasteiger partial charge in [0, 0.05) is 11.5 Å². The molecule has 0 atom stereocenters. The number of carbonyl (C=O) groups is 2. The standard InChI is InChI=1S/C14H9N5O3/c15-12-11-8(13(21)17-14(11)22)4-10(20)19(12)7-2-1-6-5-16-18-9(6)3-7/h1-5H,15H2,(H,16,18)(H,17,21,22). The predicted molar refractivity (Wildman–Crippen MR) is 77.9 cm³/mol. The Hall–Kier alpha value is -3.42. The zero-order valence-corrected chi connectivity index (χ0v) is 11.1. The van der Waals surface area contributed by atoms with Gasteiger partial charge in [0.25, 0.3) is 17.4 Å². The minimum atomic E-state index is -0.611. The van der Waals surface area contributed by atoms with E-state index in [4.69, 9.17) is 5.73 Å². The molecule has 0 unspecified atom stereocenters. The first-order chi connectivity index (χ1) is 10.6. The second kappa shape index (κ2) is 4.04. The van der Waals surface area contributed by atoms with Crippen molar-refractivity contribution in [1.29, 1.82) is 0 Å². The van der Waals surface area contributed by atoms with E-state index in [2.05, 4.69) is 15.5 Å². The number of aromatic nitrogens is 3. The van der Waals surface area contributed by atoms with Gasteiger partial charge >= 0.3 is 0 Å². The molecule has 8 nitrogen and oxygen atoms in total. The van der Waals surface area contributed by atoms with Crippen LogP contribution in [0.3, 0.4) is 0 Å². The molecule has 0 saturated heterocycles. The maximum atomic E-state index is 12.3. The summed E-state index contributed by atoms with van der Waals surface area (Å²) >= 11 is 0. The lowest BCUT2D eigenvalue weighted by Crippen LogP contribution is -2.24. The maximum absolute atomic E-state index is 12.3. The van der Waals surface area contributed by atoms with Gasteiger partial charge in [-0.25, -0.2) is 0 Å². The highest BCUT2D eigenvalue weighted by molar-refractivity contribution is 6.23.